The molecule has 4 nitrogen and oxygen atoms in total. The number of nitrogens with zero attached hydrogens (tertiary/aromatic N) is 1. The lowest BCUT2D eigenvalue weighted by Gasteiger charge is -2.25. The Morgan fingerprint density at radius 2 is 1.92 bits per heavy atom. The van der Waals surface area contributed by atoms with Gasteiger partial charge in [-0.3, -0.25) is 0 Å². The van der Waals surface area contributed by atoms with Gasteiger partial charge in [0, 0.05) is 33.7 Å². The molecular weight excluding hydrogens is 332 g/mol. The first-order chi connectivity index (χ1) is 12.3. The number of nitrogens with one attached hydrogen (secondary N) is 1. The van der Waals surface area contributed by atoms with E-state index >= 15 is 0 Å². The molecule has 0 spiro atoms. The minimum atomic E-state index is 0.708. The number of ether oxygens (including phenoxy) is 2. The molecule has 4 rings (SSSR count). The molecular formula is C20H18N2O2S. The molecule has 0 amide bonds. The molecule has 0 saturated heterocycles. The normalized spacial score (nSPS) is 17.0. The van der Waals surface area contributed by atoms with Crippen LogP contribution in [-0.2, 0) is 0 Å². The van der Waals surface area contributed by atoms with Gasteiger partial charge in [-0.05, 0) is 36.4 Å². The highest BCUT2D eigenvalue weighted by Crippen LogP contribution is 2.43. The van der Waals surface area contributed by atoms with Crippen molar-refractivity contribution in [1.82, 2.24) is 0 Å². The molecule has 0 fully saturated rings. The van der Waals surface area contributed by atoms with Crippen LogP contribution in [0.25, 0.3) is 0 Å². The van der Waals surface area contributed by atoms with Crippen molar-refractivity contribution in [1.29, 1.82) is 0 Å². The predicted octanol–water partition coefficient (Wildman–Crippen LogP) is 5.17. The van der Waals surface area contributed by atoms with Crippen LogP contribution in [0.2, 0.25) is 0 Å². The van der Waals surface area contributed by atoms with Crippen molar-refractivity contribution in [3.8, 4) is 11.5 Å². The largest absolute Gasteiger partial charge is 0.497 e. The van der Waals surface area contributed by atoms with E-state index in [1.165, 1.54) is 9.80 Å². The summed E-state index contributed by atoms with van der Waals surface area (Å²) in [7, 11) is 3.29. The van der Waals surface area contributed by atoms with Gasteiger partial charge in [0.05, 0.1) is 19.9 Å². The molecule has 0 radical (unpaired) electrons. The molecule has 0 aromatic heterocycles. The van der Waals surface area contributed by atoms with Crippen LogP contribution in [0.5, 0.6) is 11.5 Å². The fourth-order valence-electron chi connectivity index (χ4n) is 2.84. The maximum Gasteiger partial charge on any atom is 0.148 e. The Bertz CT molecular complexity index is 916. The van der Waals surface area contributed by atoms with Crippen LogP contribution in [0.1, 0.15) is 6.42 Å². The number of methoxy groups -OCH3 is 2. The van der Waals surface area contributed by atoms with Gasteiger partial charge < -0.3 is 14.8 Å². The van der Waals surface area contributed by atoms with Gasteiger partial charge in [0.25, 0.3) is 0 Å². The van der Waals surface area contributed by atoms with E-state index in [2.05, 4.69) is 35.7 Å². The van der Waals surface area contributed by atoms with E-state index in [1.54, 1.807) is 26.0 Å². The summed E-state index contributed by atoms with van der Waals surface area (Å²) in [5.74, 6) is 1.47. The fraction of sp³-hybridized carbons (Fsp3) is 0.150. The number of allylic oxidation sites excluding steroid dienone is 3. The van der Waals surface area contributed by atoms with Crippen molar-refractivity contribution in [2.45, 2.75) is 11.3 Å². The van der Waals surface area contributed by atoms with Gasteiger partial charge in [0.2, 0.25) is 0 Å². The second kappa shape index (κ2) is 6.69. The summed E-state index contributed by atoms with van der Waals surface area (Å²) in [5, 5.41) is 3.50. The maximum absolute atomic E-state index is 5.44. The first-order valence-electron chi connectivity index (χ1n) is 8.01. The summed E-state index contributed by atoms with van der Waals surface area (Å²) in [6.07, 6.45) is 4.95. The number of para-hydroxylation sites is 1. The Balaban J connectivity index is 1.60. The lowest BCUT2D eigenvalue weighted by Crippen LogP contribution is -2.12. The molecule has 2 aromatic rings. The Morgan fingerprint density at radius 1 is 1.04 bits per heavy atom. The summed E-state index contributed by atoms with van der Waals surface area (Å²) >= 11 is 1.81. The minimum absolute atomic E-state index is 0.708. The highest BCUT2D eigenvalue weighted by atomic mass is 32.2. The van der Waals surface area contributed by atoms with Gasteiger partial charge in [0.15, 0.2) is 0 Å². The predicted molar refractivity (Wildman–Crippen MR) is 103 cm³/mol. The highest BCUT2D eigenvalue weighted by Gasteiger charge is 2.20. The zero-order valence-electron chi connectivity index (χ0n) is 14.1. The van der Waals surface area contributed by atoms with Crippen LogP contribution in [-0.4, -0.2) is 19.9 Å². The molecule has 1 aliphatic carbocycles. The molecule has 0 atom stereocenters. The number of anilines is 1. The molecule has 2 aliphatic rings. The van der Waals surface area contributed by atoms with E-state index < -0.39 is 0 Å². The van der Waals surface area contributed by atoms with Crippen LogP contribution >= 0.6 is 11.8 Å². The second-order valence-electron chi connectivity index (χ2n) is 5.71. The number of fused-ring (bicyclic) bond motifs is 1. The van der Waals surface area contributed by atoms with Gasteiger partial charge >= 0.3 is 0 Å². The van der Waals surface area contributed by atoms with Gasteiger partial charge in [0.1, 0.15) is 17.2 Å². The third-order valence-electron chi connectivity index (χ3n) is 4.12. The average molecular weight is 350 g/mol. The summed E-state index contributed by atoms with van der Waals surface area (Å²) in [6, 6.07) is 14.0. The molecule has 2 aromatic carbocycles. The first kappa shape index (κ1) is 15.8. The number of hydrogen-bond acceptors (Lipinski definition) is 5. The van der Waals surface area contributed by atoms with E-state index in [4.69, 9.17) is 14.5 Å². The lowest BCUT2D eigenvalue weighted by atomic mass is 10.1. The van der Waals surface area contributed by atoms with Gasteiger partial charge in [-0.25, -0.2) is 4.99 Å². The smallest absolute Gasteiger partial charge is 0.148 e. The third-order valence-corrected chi connectivity index (χ3v) is 5.31. The Morgan fingerprint density at radius 3 is 2.76 bits per heavy atom. The van der Waals surface area contributed by atoms with Crippen molar-refractivity contribution in [2.75, 3.05) is 19.5 Å². The molecule has 0 unspecified atom stereocenters. The zero-order valence-corrected chi connectivity index (χ0v) is 14.9. The average Bonchev–Trinajstić information content (AvgIpc) is 2.66. The number of benzene rings is 2. The number of rotatable bonds is 3. The fourth-order valence-corrected chi connectivity index (χ4v) is 3.93. The van der Waals surface area contributed by atoms with Crippen molar-refractivity contribution >= 4 is 28.8 Å². The van der Waals surface area contributed by atoms with Crippen LogP contribution < -0.4 is 14.8 Å². The van der Waals surface area contributed by atoms with Crippen molar-refractivity contribution in [3.05, 3.63) is 65.2 Å². The Hall–Kier alpha value is -2.66. The van der Waals surface area contributed by atoms with Crippen LogP contribution in [0.3, 0.4) is 0 Å². The molecule has 0 saturated carbocycles. The van der Waals surface area contributed by atoms with E-state index in [9.17, 15) is 0 Å². The number of hydrogen-bond donors (Lipinski definition) is 1. The number of aliphatic imine (C=N–C) groups is 1. The third kappa shape index (κ3) is 3.15. The first-order valence-corrected chi connectivity index (χ1v) is 8.83. The Kier molecular flexibility index (Phi) is 4.24. The number of thioether (sulfide) groups is 1. The molecule has 5 heteroatoms. The summed E-state index contributed by atoms with van der Waals surface area (Å²) in [4.78, 5) is 7.32. The van der Waals surface area contributed by atoms with Crippen molar-refractivity contribution in [2.24, 2.45) is 4.99 Å². The van der Waals surface area contributed by atoms with E-state index in [0.717, 1.165) is 35.0 Å². The molecule has 1 heterocycles. The topological polar surface area (TPSA) is 42.8 Å². The molecule has 25 heavy (non-hydrogen) atoms. The summed E-state index contributed by atoms with van der Waals surface area (Å²) in [6.45, 7) is 0. The van der Waals surface area contributed by atoms with Crippen molar-refractivity contribution in [3.63, 3.8) is 0 Å². The highest BCUT2D eigenvalue weighted by molar-refractivity contribution is 8.03. The molecule has 1 aliphatic heterocycles. The van der Waals surface area contributed by atoms with Gasteiger partial charge in [-0.15, -0.1) is 0 Å². The van der Waals surface area contributed by atoms with E-state index in [0.29, 0.717) is 5.75 Å². The van der Waals surface area contributed by atoms with Crippen LogP contribution in [0.15, 0.2) is 75.1 Å². The monoisotopic (exact) mass is 350 g/mol. The maximum atomic E-state index is 5.44. The SMILES string of the molecule is COc1ccc(N=C2C=CC3=C(C2)Sc2ccccc2N3)c(OC)c1. The van der Waals surface area contributed by atoms with Crippen LogP contribution in [0.4, 0.5) is 11.4 Å². The summed E-state index contributed by atoms with van der Waals surface area (Å²) in [5.41, 5.74) is 4.13. The summed E-state index contributed by atoms with van der Waals surface area (Å²) < 4.78 is 10.7. The van der Waals surface area contributed by atoms with Gasteiger partial charge in [-0.2, -0.15) is 0 Å². The van der Waals surface area contributed by atoms with Gasteiger partial charge in [-0.1, -0.05) is 23.9 Å². The van der Waals surface area contributed by atoms with Crippen LogP contribution in [0, 0.1) is 0 Å². The molecule has 0 bridgehead atoms. The van der Waals surface area contributed by atoms with E-state index in [1.807, 2.05) is 24.3 Å². The quantitative estimate of drug-likeness (QED) is 0.830. The minimum Gasteiger partial charge on any atom is -0.497 e. The molecule has 126 valence electrons. The Labute approximate surface area is 151 Å². The van der Waals surface area contributed by atoms with Crippen molar-refractivity contribution < 1.29 is 9.47 Å². The molecule has 1 N–H and O–H groups in total. The standard InChI is InChI=1S/C20H18N2O2S/c1-23-14-8-10-15(18(12-14)24-2)21-13-7-9-17-20(11-13)25-19-6-4-3-5-16(19)22-17/h3-10,12,22H,11H2,1-2H3. The second-order valence-corrected chi connectivity index (χ2v) is 6.85. The lowest BCUT2D eigenvalue weighted by molar-refractivity contribution is 0.395. The van der Waals surface area contributed by atoms with E-state index in [-0.39, 0.29) is 0 Å². The zero-order chi connectivity index (χ0) is 17.2.